The van der Waals surface area contributed by atoms with Crippen LogP contribution in [0.5, 0.6) is 0 Å². The molecule has 0 radical (unpaired) electrons. The number of nitrogens with one attached hydrogen (secondary N) is 1. The molecule has 0 aromatic heterocycles. The van der Waals surface area contributed by atoms with E-state index in [0.29, 0.717) is 0 Å². The van der Waals surface area contributed by atoms with Crippen molar-refractivity contribution in [1.82, 2.24) is 5.32 Å². The molecule has 0 unspecified atom stereocenters. The Hall–Kier alpha value is -1.84. The Kier molecular flexibility index (Phi) is 4.89. The van der Waals surface area contributed by atoms with E-state index in [1.807, 2.05) is 22.6 Å². The summed E-state index contributed by atoms with van der Waals surface area (Å²) in [5.41, 5.74) is 10.7. The van der Waals surface area contributed by atoms with Gasteiger partial charge in [-0.2, -0.15) is 0 Å². The number of imide groups is 1. The molecule has 0 heterocycles. The molecule has 0 spiro atoms. The van der Waals surface area contributed by atoms with Crippen LogP contribution in [0.25, 0.3) is 0 Å². The number of nitrogens with two attached hydrogens (primary N) is 2. The number of halogens is 1. The minimum Gasteiger partial charge on any atom is -0.452 e. The van der Waals surface area contributed by atoms with E-state index in [1.54, 1.807) is 17.4 Å². The van der Waals surface area contributed by atoms with Crippen molar-refractivity contribution in [3.8, 4) is 0 Å². The lowest BCUT2D eigenvalue weighted by Crippen LogP contribution is -2.37. The zero-order valence-electron chi connectivity index (χ0n) is 9.10. The number of carbonyl (C=O) groups is 3. The highest BCUT2D eigenvalue weighted by atomic mass is 127. The Balaban J connectivity index is 2.63. The Morgan fingerprint density at radius 1 is 1.33 bits per heavy atom. The van der Waals surface area contributed by atoms with Crippen LogP contribution < -0.4 is 16.8 Å². The zero-order chi connectivity index (χ0) is 13.7. The number of nitrogen functional groups attached to an aromatic ring is 1. The van der Waals surface area contributed by atoms with Crippen molar-refractivity contribution in [2.45, 2.75) is 0 Å². The van der Waals surface area contributed by atoms with Gasteiger partial charge in [-0.3, -0.25) is 10.1 Å². The third kappa shape index (κ3) is 4.20. The first-order chi connectivity index (χ1) is 8.40. The van der Waals surface area contributed by atoms with Gasteiger partial charge in [0, 0.05) is 9.26 Å². The van der Waals surface area contributed by atoms with Crippen LogP contribution in [0.2, 0.25) is 0 Å². The molecule has 1 rings (SSSR count). The minimum atomic E-state index is -1.01. The van der Waals surface area contributed by atoms with Crippen LogP contribution in [-0.2, 0) is 9.53 Å². The number of carbonyl (C=O) groups excluding carboxylic acids is 3. The third-order valence-electron chi connectivity index (χ3n) is 1.83. The molecule has 0 fully saturated rings. The van der Waals surface area contributed by atoms with E-state index in [2.05, 4.69) is 4.74 Å². The van der Waals surface area contributed by atoms with Crippen LogP contribution in [0, 0.1) is 3.57 Å². The van der Waals surface area contributed by atoms with Crippen LogP contribution in [-0.4, -0.2) is 24.5 Å². The van der Waals surface area contributed by atoms with E-state index in [9.17, 15) is 14.4 Å². The predicted octanol–water partition coefficient (Wildman–Crippen LogP) is 0.225. The van der Waals surface area contributed by atoms with Gasteiger partial charge in [-0.15, -0.1) is 0 Å². The molecule has 18 heavy (non-hydrogen) atoms. The number of hydrogen-bond acceptors (Lipinski definition) is 5. The highest BCUT2D eigenvalue weighted by Gasteiger charge is 2.14. The second-order valence-corrected chi connectivity index (χ2v) is 4.47. The average molecular weight is 363 g/mol. The van der Waals surface area contributed by atoms with Gasteiger partial charge in [-0.1, -0.05) is 0 Å². The normalized spacial score (nSPS) is 9.61. The standard InChI is InChI=1S/C10H10IN3O4/c11-5-1-2-7(12)6(3-5)9(16)18-4-8(15)14-10(13)17/h1-3H,4,12H2,(H3,13,14,15,17). The maximum Gasteiger partial charge on any atom is 0.340 e. The fraction of sp³-hybridized carbons (Fsp3) is 0.100. The quantitative estimate of drug-likeness (QED) is 0.403. The van der Waals surface area contributed by atoms with Crippen LogP contribution >= 0.6 is 22.6 Å². The highest BCUT2D eigenvalue weighted by molar-refractivity contribution is 14.1. The lowest BCUT2D eigenvalue weighted by molar-refractivity contribution is -0.123. The number of esters is 1. The van der Waals surface area contributed by atoms with Crippen LogP contribution in [0.4, 0.5) is 10.5 Å². The Morgan fingerprint density at radius 3 is 2.61 bits per heavy atom. The van der Waals surface area contributed by atoms with Crippen LogP contribution in [0.1, 0.15) is 10.4 Å². The van der Waals surface area contributed by atoms with Gasteiger partial charge in [0.15, 0.2) is 6.61 Å². The molecule has 7 nitrogen and oxygen atoms in total. The molecule has 0 bridgehead atoms. The second-order valence-electron chi connectivity index (χ2n) is 3.22. The van der Waals surface area contributed by atoms with Crippen molar-refractivity contribution < 1.29 is 19.1 Å². The van der Waals surface area contributed by atoms with Gasteiger partial charge in [0.05, 0.1) is 5.56 Å². The van der Waals surface area contributed by atoms with Gasteiger partial charge < -0.3 is 16.2 Å². The maximum atomic E-state index is 11.6. The summed E-state index contributed by atoms with van der Waals surface area (Å²) in [6, 6.07) is 3.81. The number of amides is 3. The minimum absolute atomic E-state index is 0.161. The lowest BCUT2D eigenvalue weighted by atomic mass is 10.2. The first kappa shape index (κ1) is 14.2. The molecule has 0 aliphatic rings. The van der Waals surface area contributed by atoms with Crippen molar-refractivity contribution >= 4 is 46.2 Å². The first-order valence-electron chi connectivity index (χ1n) is 4.71. The number of rotatable bonds is 3. The number of hydrogen-bond donors (Lipinski definition) is 3. The highest BCUT2D eigenvalue weighted by Crippen LogP contribution is 2.16. The smallest absolute Gasteiger partial charge is 0.340 e. The summed E-state index contributed by atoms with van der Waals surface area (Å²) in [6.07, 6.45) is 0. The largest absolute Gasteiger partial charge is 0.452 e. The van der Waals surface area contributed by atoms with Crippen molar-refractivity contribution in [3.05, 3.63) is 27.3 Å². The number of anilines is 1. The summed E-state index contributed by atoms with van der Waals surface area (Å²) < 4.78 is 5.49. The van der Waals surface area contributed by atoms with Gasteiger partial charge in [0.2, 0.25) is 0 Å². The molecular weight excluding hydrogens is 353 g/mol. The molecule has 0 saturated carbocycles. The van der Waals surface area contributed by atoms with Gasteiger partial charge in [-0.25, -0.2) is 9.59 Å². The zero-order valence-corrected chi connectivity index (χ0v) is 11.3. The summed E-state index contributed by atoms with van der Waals surface area (Å²) in [7, 11) is 0. The van der Waals surface area contributed by atoms with E-state index in [0.717, 1.165) is 3.57 Å². The van der Waals surface area contributed by atoms with Gasteiger partial charge >= 0.3 is 12.0 Å². The Bertz CT molecular complexity index is 504. The van der Waals surface area contributed by atoms with Gasteiger partial charge in [0.1, 0.15) is 0 Å². The van der Waals surface area contributed by atoms with E-state index < -0.39 is 24.5 Å². The molecule has 8 heteroatoms. The second kappa shape index (κ2) is 6.19. The number of ether oxygens (including phenoxy) is 1. The van der Waals surface area contributed by atoms with Gasteiger partial charge in [-0.05, 0) is 40.8 Å². The van der Waals surface area contributed by atoms with Crippen molar-refractivity contribution in [3.63, 3.8) is 0 Å². The molecule has 1 aromatic carbocycles. The molecule has 1 aromatic rings. The molecule has 0 atom stereocenters. The first-order valence-corrected chi connectivity index (χ1v) is 5.79. The van der Waals surface area contributed by atoms with Gasteiger partial charge in [0.25, 0.3) is 5.91 Å². The van der Waals surface area contributed by atoms with Crippen LogP contribution in [0.3, 0.4) is 0 Å². The predicted molar refractivity (Wildman–Crippen MR) is 71.6 cm³/mol. The molecule has 0 aliphatic heterocycles. The molecule has 0 saturated heterocycles. The van der Waals surface area contributed by atoms with Crippen molar-refractivity contribution in [1.29, 1.82) is 0 Å². The summed E-state index contributed by atoms with van der Waals surface area (Å²) in [4.78, 5) is 33.0. The summed E-state index contributed by atoms with van der Waals surface area (Å²) in [6.45, 7) is -0.604. The summed E-state index contributed by atoms with van der Waals surface area (Å²) in [5.74, 6) is -1.55. The Morgan fingerprint density at radius 2 is 2.00 bits per heavy atom. The maximum absolute atomic E-state index is 11.6. The monoisotopic (exact) mass is 363 g/mol. The lowest BCUT2D eigenvalue weighted by Gasteiger charge is -2.06. The SMILES string of the molecule is NC(=O)NC(=O)COC(=O)c1cc(I)ccc1N. The molecule has 96 valence electrons. The fourth-order valence-electron chi connectivity index (χ4n) is 1.09. The topological polar surface area (TPSA) is 125 Å². The van der Waals surface area contributed by atoms with E-state index in [-0.39, 0.29) is 11.3 Å². The summed E-state index contributed by atoms with van der Waals surface area (Å²) >= 11 is 2.01. The molecule has 0 aliphatic carbocycles. The molecule has 3 amide bonds. The van der Waals surface area contributed by atoms with E-state index >= 15 is 0 Å². The Labute approximate surface area is 116 Å². The van der Waals surface area contributed by atoms with E-state index in [1.165, 1.54) is 6.07 Å². The molecule has 5 N–H and O–H groups in total. The fourth-order valence-corrected chi connectivity index (χ4v) is 1.58. The number of urea groups is 1. The van der Waals surface area contributed by atoms with Crippen molar-refractivity contribution in [2.24, 2.45) is 5.73 Å². The third-order valence-corrected chi connectivity index (χ3v) is 2.50. The average Bonchev–Trinajstić information content (AvgIpc) is 2.28. The number of benzene rings is 1. The van der Waals surface area contributed by atoms with E-state index in [4.69, 9.17) is 11.5 Å². The van der Waals surface area contributed by atoms with Crippen LogP contribution in [0.15, 0.2) is 18.2 Å². The number of primary amides is 1. The summed E-state index contributed by atoms with van der Waals surface area (Å²) in [5, 5.41) is 1.77. The molecular formula is C10H10IN3O4. The van der Waals surface area contributed by atoms with Crippen molar-refractivity contribution in [2.75, 3.05) is 12.3 Å².